The quantitative estimate of drug-likeness (QED) is 0.455. The lowest BCUT2D eigenvalue weighted by Gasteiger charge is -2.26. The molecule has 1 heterocycles. The first kappa shape index (κ1) is 20.1. The van der Waals surface area contributed by atoms with Crippen molar-refractivity contribution in [1.29, 1.82) is 0 Å². The topological polar surface area (TPSA) is 36.5 Å². The smallest absolute Gasteiger partial charge is 0.119 e. The van der Waals surface area contributed by atoms with E-state index in [9.17, 15) is 0 Å². The van der Waals surface area contributed by atoms with Crippen LogP contribution in [0.5, 0.6) is 5.75 Å². The second-order valence-corrected chi connectivity index (χ2v) is 7.79. The lowest BCUT2D eigenvalue weighted by Crippen LogP contribution is -2.29. The molecule has 0 amide bonds. The Balaban J connectivity index is 1.45. The van der Waals surface area contributed by atoms with Crippen LogP contribution in [0.2, 0.25) is 0 Å². The normalized spacial score (nSPS) is 14.9. The molecule has 0 aromatic heterocycles. The summed E-state index contributed by atoms with van der Waals surface area (Å²) in [5.41, 5.74) is 2.48. The highest BCUT2D eigenvalue weighted by molar-refractivity contribution is 8.00. The summed E-state index contributed by atoms with van der Waals surface area (Å²) in [6, 6.07) is 17.0. The number of nitrogens with zero attached hydrogens (tertiary/aromatic N) is 1. The van der Waals surface area contributed by atoms with Crippen molar-refractivity contribution in [2.24, 2.45) is 0 Å². The van der Waals surface area contributed by atoms with Crippen LogP contribution in [-0.4, -0.2) is 37.7 Å². The van der Waals surface area contributed by atoms with Crippen molar-refractivity contribution in [2.75, 3.05) is 37.5 Å². The number of nitrogens with one attached hydrogen (secondary N) is 2. The molecule has 2 aromatic rings. The second kappa shape index (κ2) is 11.2. The maximum absolute atomic E-state index is 5.71. The van der Waals surface area contributed by atoms with Gasteiger partial charge in [-0.25, -0.2) is 0 Å². The Morgan fingerprint density at radius 3 is 2.63 bits per heavy atom. The molecule has 146 valence electrons. The molecule has 1 saturated heterocycles. The predicted octanol–water partition coefficient (Wildman–Crippen LogP) is 4.78. The number of likely N-dealkylation sites (N-methyl/N-ethyl adjacent to an activating group) is 1. The standard InChI is InChI=1S/C22H31N3OS/c1-2-23-13-16-26-21-11-9-20(10-12-21)24-27-22-8-6-7-19(17-22)18-25-14-4-3-5-15-25/h6-12,17,23-24H,2-5,13-16,18H2,1H3. The molecule has 0 bridgehead atoms. The molecule has 0 spiro atoms. The van der Waals surface area contributed by atoms with Crippen molar-refractivity contribution < 1.29 is 4.74 Å². The summed E-state index contributed by atoms with van der Waals surface area (Å²) in [6.07, 6.45) is 4.06. The fourth-order valence-electron chi connectivity index (χ4n) is 3.24. The minimum atomic E-state index is 0.694. The Labute approximate surface area is 167 Å². The Bertz CT molecular complexity index is 672. The van der Waals surface area contributed by atoms with Gasteiger partial charge in [-0.15, -0.1) is 0 Å². The van der Waals surface area contributed by atoms with Crippen molar-refractivity contribution >= 4 is 17.6 Å². The average molecular weight is 386 g/mol. The van der Waals surface area contributed by atoms with Gasteiger partial charge in [-0.1, -0.05) is 25.5 Å². The molecule has 0 atom stereocenters. The van der Waals surface area contributed by atoms with Gasteiger partial charge in [0.05, 0.1) is 0 Å². The van der Waals surface area contributed by atoms with Crippen LogP contribution in [-0.2, 0) is 6.54 Å². The molecule has 1 aliphatic rings. The first-order valence-corrected chi connectivity index (χ1v) is 10.8. The van der Waals surface area contributed by atoms with Gasteiger partial charge < -0.3 is 14.8 Å². The number of likely N-dealkylation sites (tertiary alicyclic amines) is 1. The zero-order valence-corrected chi connectivity index (χ0v) is 17.1. The van der Waals surface area contributed by atoms with E-state index in [1.807, 2.05) is 12.1 Å². The van der Waals surface area contributed by atoms with Gasteiger partial charge in [-0.05, 0) is 86.4 Å². The largest absolute Gasteiger partial charge is 0.492 e. The summed E-state index contributed by atoms with van der Waals surface area (Å²) in [5.74, 6) is 0.909. The molecule has 0 unspecified atom stereocenters. The number of piperidine rings is 1. The first-order chi connectivity index (χ1) is 13.3. The summed E-state index contributed by atoms with van der Waals surface area (Å²) >= 11 is 1.66. The number of hydrogen-bond donors (Lipinski definition) is 2. The van der Waals surface area contributed by atoms with Crippen LogP contribution in [0.3, 0.4) is 0 Å². The Kier molecular flexibility index (Phi) is 8.33. The highest BCUT2D eigenvalue weighted by Crippen LogP contribution is 2.24. The molecule has 0 saturated carbocycles. The third-order valence-corrected chi connectivity index (χ3v) is 5.52. The van der Waals surface area contributed by atoms with Crippen molar-refractivity contribution in [3.63, 3.8) is 0 Å². The molecule has 27 heavy (non-hydrogen) atoms. The van der Waals surface area contributed by atoms with Crippen LogP contribution in [0.4, 0.5) is 5.69 Å². The molecule has 2 N–H and O–H groups in total. The van der Waals surface area contributed by atoms with E-state index in [0.29, 0.717) is 6.61 Å². The summed E-state index contributed by atoms with van der Waals surface area (Å²) in [6.45, 7) is 8.17. The van der Waals surface area contributed by atoms with Crippen molar-refractivity contribution in [3.05, 3.63) is 54.1 Å². The van der Waals surface area contributed by atoms with Crippen molar-refractivity contribution in [3.8, 4) is 5.75 Å². The van der Waals surface area contributed by atoms with E-state index in [1.54, 1.807) is 11.9 Å². The average Bonchev–Trinajstić information content (AvgIpc) is 2.72. The van der Waals surface area contributed by atoms with Crippen LogP contribution >= 0.6 is 11.9 Å². The predicted molar refractivity (Wildman–Crippen MR) is 116 cm³/mol. The van der Waals surface area contributed by atoms with Crippen LogP contribution in [0.15, 0.2) is 53.4 Å². The summed E-state index contributed by atoms with van der Waals surface area (Å²) in [7, 11) is 0. The zero-order chi connectivity index (χ0) is 18.7. The fourth-order valence-corrected chi connectivity index (χ4v) is 3.97. The highest BCUT2D eigenvalue weighted by Gasteiger charge is 2.10. The Morgan fingerprint density at radius 2 is 1.85 bits per heavy atom. The third-order valence-electron chi connectivity index (χ3n) is 4.69. The summed E-state index contributed by atoms with van der Waals surface area (Å²) in [5, 5.41) is 3.25. The van der Waals surface area contributed by atoms with Gasteiger partial charge >= 0.3 is 0 Å². The van der Waals surface area contributed by atoms with Crippen LogP contribution in [0.25, 0.3) is 0 Å². The monoisotopic (exact) mass is 385 g/mol. The number of ether oxygens (including phenoxy) is 1. The molecule has 3 rings (SSSR count). The molecule has 1 aliphatic heterocycles. The number of hydrogen-bond acceptors (Lipinski definition) is 5. The summed E-state index contributed by atoms with van der Waals surface area (Å²) < 4.78 is 9.14. The number of rotatable bonds is 10. The van der Waals surface area contributed by atoms with E-state index < -0.39 is 0 Å². The molecular weight excluding hydrogens is 354 g/mol. The maximum atomic E-state index is 5.71. The molecule has 2 aromatic carbocycles. The SMILES string of the molecule is CCNCCOc1ccc(NSc2cccc(CN3CCCCC3)c2)cc1. The van der Waals surface area contributed by atoms with Crippen LogP contribution < -0.4 is 14.8 Å². The molecule has 0 radical (unpaired) electrons. The van der Waals surface area contributed by atoms with E-state index in [1.165, 1.54) is 42.8 Å². The molecule has 5 heteroatoms. The van der Waals surface area contributed by atoms with Crippen molar-refractivity contribution in [2.45, 2.75) is 37.6 Å². The maximum Gasteiger partial charge on any atom is 0.119 e. The first-order valence-electron chi connectivity index (χ1n) is 10.0. The molecule has 4 nitrogen and oxygen atoms in total. The van der Waals surface area contributed by atoms with E-state index in [-0.39, 0.29) is 0 Å². The van der Waals surface area contributed by atoms with Gasteiger partial charge in [-0.3, -0.25) is 4.90 Å². The minimum absolute atomic E-state index is 0.694. The fraction of sp³-hybridized carbons (Fsp3) is 0.455. The molecule has 1 fully saturated rings. The van der Waals surface area contributed by atoms with Crippen molar-refractivity contribution in [1.82, 2.24) is 10.2 Å². The van der Waals surface area contributed by atoms with Crippen LogP contribution in [0, 0.1) is 0 Å². The van der Waals surface area contributed by atoms with Gasteiger partial charge in [0, 0.05) is 23.7 Å². The van der Waals surface area contributed by atoms with E-state index in [2.05, 4.69) is 58.3 Å². The van der Waals surface area contributed by atoms with Gasteiger partial charge in [0.2, 0.25) is 0 Å². The third kappa shape index (κ3) is 7.09. The van der Waals surface area contributed by atoms with Gasteiger partial charge in [0.1, 0.15) is 12.4 Å². The zero-order valence-electron chi connectivity index (χ0n) is 16.2. The number of benzene rings is 2. The Hall–Kier alpha value is -1.69. The Morgan fingerprint density at radius 1 is 1.04 bits per heavy atom. The highest BCUT2D eigenvalue weighted by atomic mass is 32.2. The van der Waals surface area contributed by atoms with Gasteiger partial charge in [-0.2, -0.15) is 0 Å². The van der Waals surface area contributed by atoms with E-state index in [4.69, 9.17) is 4.74 Å². The van der Waals surface area contributed by atoms with Gasteiger partial charge in [0.15, 0.2) is 0 Å². The van der Waals surface area contributed by atoms with E-state index in [0.717, 1.165) is 31.1 Å². The molecular formula is C22H31N3OS. The van der Waals surface area contributed by atoms with Gasteiger partial charge in [0.25, 0.3) is 0 Å². The summed E-state index contributed by atoms with van der Waals surface area (Å²) in [4.78, 5) is 3.81. The minimum Gasteiger partial charge on any atom is -0.492 e. The second-order valence-electron chi connectivity index (χ2n) is 6.91. The lowest BCUT2D eigenvalue weighted by atomic mass is 10.1. The number of anilines is 1. The lowest BCUT2D eigenvalue weighted by molar-refractivity contribution is 0.221. The van der Waals surface area contributed by atoms with Crippen LogP contribution in [0.1, 0.15) is 31.7 Å². The molecule has 0 aliphatic carbocycles. The van der Waals surface area contributed by atoms with E-state index >= 15 is 0 Å².